The Balaban J connectivity index is 1.39. The molecule has 3 unspecified atom stereocenters. The number of nitrogens with one attached hydrogen (secondary N) is 1. The van der Waals surface area contributed by atoms with E-state index in [1.54, 1.807) is 49.4 Å². The van der Waals surface area contributed by atoms with Crippen LogP contribution in [0.25, 0.3) is 10.8 Å². The van der Waals surface area contributed by atoms with Gasteiger partial charge in [0.2, 0.25) is 5.91 Å². The van der Waals surface area contributed by atoms with Crippen molar-refractivity contribution in [3.63, 3.8) is 0 Å². The molecule has 0 bridgehead atoms. The number of phosphoric acid groups is 1. The minimum atomic E-state index is -5.14. The molecule has 1 fully saturated rings. The smallest absolute Gasteiger partial charge is 0.387 e. The van der Waals surface area contributed by atoms with Gasteiger partial charge in [-0.3, -0.25) is 18.5 Å². The van der Waals surface area contributed by atoms with Gasteiger partial charge in [0.05, 0.1) is 12.8 Å². The zero-order chi connectivity index (χ0) is 28.4. The number of anilines is 1. The third-order valence-electron chi connectivity index (χ3n) is 5.91. The van der Waals surface area contributed by atoms with E-state index in [2.05, 4.69) is 14.6 Å². The molecule has 210 valence electrons. The number of ether oxygens (including phenoxy) is 1. The Labute approximate surface area is 222 Å². The van der Waals surface area contributed by atoms with Crippen LogP contribution < -0.4 is 11.0 Å². The maximum absolute atomic E-state index is 12.7. The summed E-state index contributed by atoms with van der Waals surface area (Å²) in [5.74, 6) is -0.393. The summed E-state index contributed by atoms with van der Waals surface area (Å²) < 4.78 is 40.8. The summed E-state index contributed by atoms with van der Waals surface area (Å²) in [6.07, 6.45) is -5.43. The minimum Gasteiger partial charge on any atom is -0.387 e. The molecule has 1 aliphatic rings. The van der Waals surface area contributed by atoms with Crippen molar-refractivity contribution in [2.24, 2.45) is 0 Å². The first-order valence-corrected chi connectivity index (χ1v) is 15.0. The Morgan fingerprint density at radius 1 is 1.10 bits per heavy atom. The molecular formula is C23H27N3O11P2. The zero-order valence-electron chi connectivity index (χ0n) is 20.6. The lowest BCUT2D eigenvalue weighted by Gasteiger charge is -2.20. The van der Waals surface area contributed by atoms with Crippen LogP contribution in [0.5, 0.6) is 0 Å². The van der Waals surface area contributed by atoms with Crippen molar-refractivity contribution in [2.45, 2.75) is 44.0 Å². The maximum atomic E-state index is 12.7. The van der Waals surface area contributed by atoms with Crippen LogP contribution in [0.15, 0.2) is 59.5 Å². The van der Waals surface area contributed by atoms with Gasteiger partial charge in [-0.1, -0.05) is 49.4 Å². The van der Waals surface area contributed by atoms with Crippen molar-refractivity contribution >= 4 is 37.9 Å². The molecule has 2 aromatic carbocycles. The van der Waals surface area contributed by atoms with Gasteiger partial charge >= 0.3 is 21.1 Å². The number of hydrogen-bond donors (Lipinski definition) is 5. The first-order valence-electron chi connectivity index (χ1n) is 11.8. The van der Waals surface area contributed by atoms with E-state index in [9.17, 15) is 38.7 Å². The SMILES string of the molecule is CCC(=O)Nc1ccn([C@@H]2O[C@H](COP(=O)(O)OP(=O)(O)Cc3cccc4ccccc34)C(O)[C@@H]2O)c(=O)n1. The lowest BCUT2D eigenvalue weighted by Crippen LogP contribution is -2.36. The molecule has 2 heterocycles. The number of nitrogens with zero attached hydrogens (tertiary/aromatic N) is 2. The summed E-state index contributed by atoms with van der Waals surface area (Å²) in [6.45, 7) is 0.785. The first kappa shape index (κ1) is 29.2. The molecule has 0 aliphatic carbocycles. The Morgan fingerprint density at radius 2 is 1.82 bits per heavy atom. The fourth-order valence-corrected chi connectivity index (χ4v) is 6.78. The summed E-state index contributed by atoms with van der Waals surface area (Å²) in [4.78, 5) is 47.9. The van der Waals surface area contributed by atoms with Gasteiger partial charge in [-0.15, -0.1) is 0 Å². The standard InChI is InChI=1S/C23H27N3O11P2/c1-2-19(27)24-18-10-11-26(23(30)25-18)22-21(29)20(28)17(36-22)12-35-39(33,34)37-38(31,32)13-15-8-5-7-14-6-3-4-9-16(14)15/h3-11,17,20-22,28-29H,2,12-13H2,1H3,(H,31,32)(H,33,34)(H,24,25,27,30)/t17-,20?,21+,22-/m1/s1. The molecule has 39 heavy (non-hydrogen) atoms. The molecule has 3 aromatic rings. The lowest BCUT2D eigenvalue weighted by molar-refractivity contribution is -0.115. The van der Waals surface area contributed by atoms with Crippen LogP contribution in [-0.4, -0.2) is 60.4 Å². The fraction of sp³-hybridized carbons (Fsp3) is 0.348. The number of aliphatic hydroxyl groups is 2. The molecule has 1 aliphatic heterocycles. The highest BCUT2D eigenvalue weighted by atomic mass is 31.3. The van der Waals surface area contributed by atoms with E-state index in [0.717, 1.165) is 9.95 Å². The second kappa shape index (κ2) is 11.8. The second-order valence-electron chi connectivity index (χ2n) is 8.73. The van der Waals surface area contributed by atoms with Gasteiger partial charge in [-0.25, -0.2) is 13.7 Å². The number of aromatic nitrogens is 2. The molecule has 1 aromatic heterocycles. The van der Waals surface area contributed by atoms with Crippen molar-refractivity contribution in [1.29, 1.82) is 0 Å². The molecule has 5 N–H and O–H groups in total. The van der Waals surface area contributed by atoms with Gasteiger partial charge in [-0.05, 0) is 22.4 Å². The second-order valence-corrected chi connectivity index (χ2v) is 12.2. The molecule has 1 saturated heterocycles. The van der Waals surface area contributed by atoms with Gasteiger partial charge in [-0.2, -0.15) is 4.98 Å². The van der Waals surface area contributed by atoms with Gasteiger partial charge < -0.3 is 30.1 Å². The zero-order valence-corrected chi connectivity index (χ0v) is 22.4. The van der Waals surface area contributed by atoms with Crippen molar-refractivity contribution < 1.29 is 47.5 Å². The Hall–Kier alpha value is -2.77. The number of benzene rings is 2. The predicted molar refractivity (Wildman–Crippen MR) is 138 cm³/mol. The van der Waals surface area contributed by atoms with Gasteiger partial charge in [0.15, 0.2) is 6.23 Å². The summed E-state index contributed by atoms with van der Waals surface area (Å²) in [5.41, 5.74) is -0.494. The van der Waals surface area contributed by atoms with E-state index in [1.165, 1.54) is 12.3 Å². The van der Waals surface area contributed by atoms with Crippen LogP contribution in [-0.2, 0) is 33.7 Å². The van der Waals surface area contributed by atoms with E-state index < -0.39 is 58.4 Å². The third-order valence-corrected chi connectivity index (χ3v) is 8.97. The van der Waals surface area contributed by atoms with Crippen molar-refractivity contribution in [3.05, 3.63) is 70.8 Å². The topological polar surface area (TPSA) is 207 Å². The molecule has 0 saturated carbocycles. The van der Waals surface area contributed by atoms with Crippen molar-refractivity contribution in [2.75, 3.05) is 11.9 Å². The van der Waals surface area contributed by atoms with Crippen molar-refractivity contribution in [1.82, 2.24) is 9.55 Å². The largest absolute Gasteiger partial charge is 0.479 e. The molecule has 0 radical (unpaired) electrons. The van der Waals surface area contributed by atoms with E-state index in [1.807, 2.05) is 0 Å². The number of rotatable bonds is 10. The molecular weight excluding hydrogens is 556 g/mol. The number of aliphatic hydroxyl groups excluding tert-OH is 2. The van der Waals surface area contributed by atoms with Crippen LogP contribution in [0.1, 0.15) is 25.1 Å². The summed E-state index contributed by atoms with van der Waals surface area (Å²) in [5, 5.41) is 24.6. The van der Waals surface area contributed by atoms with Gasteiger partial charge in [0.25, 0.3) is 0 Å². The van der Waals surface area contributed by atoms with Crippen LogP contribution in [0, 0.1) is 0 Å². The maximum Gasteiger partial charge on any atom is 0.479 e. The number of amides is 1. The Kier molecular flexibility index (Phi) is 8.82. The average Bonchev–Trinajstić information content (AvgIpc) is 3.15. The van der Waals surface area contributed by atoms with Crippen molar-refractivity contribution in [3.8, 4) is 0 Å². The quantitative estimate of drug-likeness (QED) is 0.217. The van der Waals surface area contributed by atoms with Gasteiger partial charge in [0, 0.05) is 12.6 Å². The highest BCUT2D eigenvalue weighted by Crippen LogP contribution is 2.61. The Bertz CT molecular complexity index is 1510. The normalized spacial score (nSPS) is 24.2. The summed E-state index contributed by atoms with van der Waals surface area (Å²) in [7, 11) is -9.83. The highest BCUT2D eigenvalue weighted by molar-refractivity contribution is 7.63. The Morgan fingerprint density at radius 3 is 2.54 bits per heavy atom. The van der Waals surface area contributed by atoms with E-state index in [0.29, 0.717) is 10.9 Å². The molecule has 4 rings (SSSR count). The number of phosphoric ester groups is 1. The molecule has 6 atom stereocenters. The molecule has 16 heteroatoms. The monoisotopic (exact) mass is 583 g/mol. The van der Waals surface area contributed by atoms with E-state index in [4.69, 9.17) is 9.26 Å². The van der Waals surface area contributed by atoms with Crippen LogP contribution in [0.3, 0.4) is 0 Å². The summed E-state index contributed by atoms with van der Waals surface area (Å²) >= 11 is 0. The fourth-order valence-electron chi connectivity index (χ4n) is 4.03. The van der Waals surface area contributed by atoms with E-state index in [-0.39, 0.29) is 18.1 Å². The highest BCUT2D eigenvalue weighted by Gasteiger charge is 2.46. The van der Waals surface area contributed by atoms with Gasteiger partial charge in [0.1, 0.15) is 24.1 Å². The van der Waals surface area contributed by atoms with Crippen LogP contribution >= 0.6 is 15.4 Å². The number of hydrogen-bond acceptors (Lipinski definition) is 10. The van der Waals surface area contributed by atoms with Crippen LogP contribution in [0.4, 0.5) is 5.82 Å². The first-order chi connectivity index (χ1) is 18.4. The van der Waals surface area contributed by atoms with Crippen LogP contribution in [0.2, 0.25) is 0 Å². The average molecular weight is 583 g/mol. The number of fused-ring (bicyclic) bond motifs is 1. The lowest BCUT2D eigenvalue weighted by atomic mass is 10.1. The predicted octanol–water partition coefficient (Wildman–Crippen LogP) is 1.88. The molecule has 0 spiro atoms. The minimum absolute atomic E-state index is 0.0219. The molecule has 14 nitrogen and oxygen atoms in total. The number of carbonyl (C=O) groups is 1. The third kappa shape index (κ3) is 7.06. The number of carbonyl (C=O) groups excluding carboxylic acids is 1. The summed E-state index contributed by atoms with van der Waals surface area (Å²) in [6, 6.07) is 13.4. The van der Waals surface area contributed by atoms with E-state index >= 15 is 0 Å². The molecule has 1 amide bonds.